The molecule has 0 unspecified atom stereocenters. The Morgan fingerprint density at radius 1 is 1.14 bits per heavy atom. The number of ketones is 1. The summed E-state index contributed by atoms with van der Waals surface area (Å²) in [7, 11) is 3.01. The first kappa shape index (κ1) is 15.6. The topological polar surface area (TPSA) is 77.6 Å². The molecule has 0 atom stereocenters. The molecule has 0 amide bonds. The quantitative estimate of drug-likeness (QED) is 0.655. The van der Waals surface area contributed by atoms with Crippen LogP contribution in [0.2, 0.25) is 0 Å². The van der Waals surface area contributed by atoms with Gasteiger partial charge < -0.3 is 19.2 Å². The van der Waals surface area contributed by atoms with Gasteiger partial charge in [0.1, 0.15) is 11.5 Å². The summed E-state index contributed by atoms with van der Waals surface area (Å²) in [5.74, 6) is 0.116. The lowest BCUT2D eigenvalue weighted by Gasteiger charge is -2.12. The summed E-state index contributed by atoms with van der Waals surface area (Å²) >= 11 is 0. The number of carbonyl (C=O) groups excluding carboxylic acids is 2. The van der Waals surface area contributed by atoms with Gasteiger partial charge in [-0.15, -0.1) is 0 Å². The number of H-pyrrole nitrogens is 1. The van der Waals surface area contributed by atoms with Gasteiger partial charge in [-0.2, -0.15) is 0 Å². The van der Waals surface area contributed by atoms with Gasteiger partial charge in [-0.25, -0.2) is 4.79 Å². The third kappa shape index (κ3) is 3.28. The van der Waals surface area contributed by atoms with E-state index < -0.39 is 5.97 Å². The number of esters is 1. The molecular weight excluding hydrogens is 286 g/mol. The van der Waals surface area contributed by atoms with E-state index in [0.29, 0.717) is 17.2 Å². The number of aromatic nitrogens is 1. The lowest BCUT2D eigenvalue weighted by atomic mass is 10.1. The van der Waals surface area contributed by atoms with Crippen LogP contribution in [-0.2, 0) is 4.74 Å². The van der Waals surface area contributed by atoms with Crippen molar-refractivity contribution in [3.05, 3.63) is 47.3 Å². The molecule has 0 saturated heterocycles. The molecule has 2 aromatic rings. The zero-order valence-corrected chi connectivity index (χ0v) is 12.6. The number of rotatable bonds is 6. The van der Waals surface area contributed by atoms with Crippen molar-refractivity contribution < 1.29 is 23.8 Å². The van der Waals surface area contributed by atoms with E-state index in [1.807, 2.05) is 6.92 Å². The summed E-state index contributed by atoms with van der Waals surface area (Å²) in [4.78, 5) is 26.6. The Hall–Kier alpha value is -2.76. The molecule has 2 rings (SSSR count). The van der Waals surface area contributed by atoms with Crippen molar-refractivity contribution >= 4 is 11.8 Å². The third-order valence-corrected chi connectivity index (χ3v) is 3.22. The number of aromatic amines is 1. The van der Waals surface area contributed by atoms with E-state index in [1.54, 1.807) is 30.5 Å². The van der Waals surface area contributed by atoms with Crippen LogP contribution in [0.1, 0.15) is 26.4 Å². The minimum Gasteiger partial charge on any atom is -0.496 e. The van der Waals surface area contributed by atoms with Crippen molar-refractivity contribution in [1.29, 1.82) is 0 Å². The van der Waals surface area contributed by atoms with E-state index in [2.05, 4.69) is 4.98 Å². The fourth-order valence-electron chi connectivity index (χ4n) is 2.00. The zero-order chi connectivity index (χ0) is 16.1. The van der Waals surface area contributed by atoms with Crippen molar-refractivity contribution in [2.24, 2.45) is 0 Å². The van der Waals surface area contributed by atoms with E-state index in [0.717, 1.165) is 5.56 Å². The fourth-order valence-corrected chi connectivity index (χ4v) is 2.00. The molecule has 6 heteroatoms. The van der Waals surface area contributed by atoms with Gasteiger partial charge in [0.15, 0.2) is 6.61 Å². The first-order valence-corrected chi connectivity index (χ1v) is 6.63. The Kier molecular flexibility index (Phi) is 4.83. The van der Waals surface area contributed by atoms with Gasteiger partial charge in [0.25, 0.3) is 0 Å². The second-order valence-corrected chi connectivity index (χ2v) is 4.59. The highest BCUT2D eigenvalue weighted by Gasteiger charge is 2.16. The summed E-state index contributed by atoms with van der Waals surface area (Å²) in [6.07, 6.45) is 1.63. The van der Waals surface area contributed by atoms with E-state index in [9.17, 15) is 9.59 Å². The second kappa shape index (κ2) is 6.80. The maximum absolute atomic E-state index is 12.1. The Morgan fingerprint density at radius 2 is 1.77 bits per heavy atom. The van der Waals surface area contributed by atoms with Crippen molar-refractivity contribution in [3.63, 3.8) is 0 Å². The number of hydrogen-bond donors (Lipinski definition) is 1. The normalized spacial score (nSPS) is 10.1. The van der Waals surface area contributed by atoms with Crippen LogP contribution in [0.5, 0.6) is 11.5 Å². The molecule has 1 heterocycles. The first-order valence-electron chi connectivity index (χ1n) is 6.63. The minimum absolute atomic E-state index is 0.263. The monoisotopic (exact) mass is 303 g/mol. The Bertz CT molecular complexity index is 651. The SMILES string of the molecule is COc1cc(C(=O)OCC(=O)c2ccc[nH]2)cc(OC)c1C. The highest BCUT2D eigenvalue weighted by atomic mass is 16.5. The fraction of sp³-hybridized carbons (Fsp3) is 0.250. The summed E-state index contributed by atoms with van der Waals surface area (Å²) < 4.78 is 15.4. The number of benzene rings is 1. The highest BCUT2D eigenvalue weighted by molar-refractivity contribution is 5.98. The van der Waals surface area contributed by atoms with Crippen molar-refractivity contribution in [2.45, 2.75) is 6.92 Å². The van der Waals surface area contributed by atoms with E-state index in [4.69, 9.17) is 14.2 Å². The number of nitrogens with one attached hydrogen (secondary N) is 1. The average molecular weight is 303 g/mol. The number of ether oxygens (including phenoxy) is 3. The van der Waals surface area contributed by atoms with Crippen LogP contribution in [0.25, 0.3) is 0 Å². The maximum Gasteiger partial charge on any atom is 0.338 e. The predicted molar refractivity (Wildman–Crippen MR) is 79.7 cm³/mol. The van der Waals surface area contributed by atoms with Gasteiger partial charge in [-0.05, 0) is 31.2 Å². The van der Waals surface area contributed by atoms with Crippen LogP contribution in [0.4, 0.5) is 0 Å². The van der Waals surface area contributed by atoms with Crippen molar-refractivity contribution in [3.8, 4) is 11.5 Å². The molecule has 0 aliphatic heterocycles. The lowest BCUT2D eigenvalue weighted by molar-refractivity contribution is 0.0473. The maximum atomic E-state index is 12.1. The minimum atomic E-state index is -0.614. The molecule has 22 heavy (non-hydrogen) atoms. The molecule has 1 aromatic heterocycles. The van der Waals surface area contributed by atoms with Gasteiger partial charge in [-0.3, -0.25) is 4.79 Å². The molecule has 116 valence electrons. The molecule has 1 N–H and O–H groups in total. The molecule has 0 bridgehead atoms. The van der Waals surface area contributed by atoms with Gasteiger partial charge in [0, 0.05) is 11.8 Å². The van der Waals surface area contributed by atoms with Crippen molar-refractivity contribution in [1.82, 2.24) is 4.98 Å². The molecule has 0 aliphatic rings. The summed E-state index contributed by atoms with van der Waals surface area (Å²) in [6.45, 7) is 1.49. The standard InChI is InChI=1S/C16H17NO5/c1-10-14(20-2)7-11(8-15(10)21-3)16(19)22-9-13(18)12-5-4-6-17-12/h4-8,17H,9H2,1-3H3. The molecule has 0 spiro atoms. The lowest BCUT2D eigenvalue weighted by Crippen LogP contribution is -2.15. The molecule has 6 nitrogen and oxygen atoms in total. The van der Waals surface area contributed by atoms with Crippen LogP contribution >= 0.6 is 0 Å². The van der Waals surface area contributed by atoms with E-state index in [1.165, 1.54) is 14.2 Å². The van der Waals surface area contributed by atoms with Crippen LogP contribution in [0, 0.1) is 6.92 Å². The molecule has 0 radical (unpaired) electrons. The van der Waals surface area contributed by atoms with E-state index in [-0.39, 0.29) is 18.0 Å². The Balaban J connectivity index is 2.11. The van der Waals surface area contributed by atoms with Crippen molar-refractivity contribution in [2.75, 3.05) is 20.8 Å². The Morgan fingerprint density at radius 3 is 2.27 bits per heavy atom. The van der Waals surface area contributed by atoms with Gasteiger partial charge in [0.05, 0.1) is 25.5 Å². The number of methoxy groups -OCH3 is 2. The first-order chi connectivity index (χ1) is 10.6. The second-order valence-electron chi connectivity index (χ2n) is 4.59. The largest absolute Gasteiger partial charge is 0.496 e. The third-order valence-electron chi connectivity index (χ3n) is 3.22. The van der Waals surface area contributed by atoms with Gasteiger partial charge in [0.2, 0.25) is 5.78 Å². The zero-order valence-electron chi connectivity index (χ0n) is 12.6. The van der Waals surface area contributed by atoms with Crippen LogP contribution < -0.4 is 9.47 Å². The summed E-state index contributed by atoms with van der Waals surface area (Å²) in [6, 6.07) is 6.43. The summed E-state index contributed by atoms with van der Waals surface area (Å²) in [5, 5.41) is 0. The molecule has 0 saturated carbocycles. The Labute approximate surface area is 128 Å². The van der Waals surface area contributed by atoms with Crippen LogP contribution in [0.3, 0.4) is 0 Å². The van der Waals surface area contributed by atoms with Crippen LogP contribution in [0.15, 0.2) is 30.5 Å². The highest BCUT2D eigenvalue weighted by Crippen LogP contribution is 2.29. The number of hydrogen-bond acceptors (Lipinski definition) is 5. The smallest absolute Gasteiger partial charge is 0.338 e. The number of Topliss-reactive ketones (excluding diaryl/α,β-unsaturated/α-hetero) is 1. The molecule has 0 aliphatic carbocycles. The van der Waals surface area contributed by atoms with Gasteiger partial charge in [-0.1, -0.05) is 0 Å². The predicted octanol–water partition coefficient (Wildman–Crippen LogP) is 2.38. The van der Waals surface area contributed by atoms with E-state index >= 15 is 0 Å². The van der Waals surface area contributed by atoms with Gasteiger partial charge >= 0.3 is 5.97 Å². The summed E-state index contributed by atoms with van der Waals surface area (Å²) in [5.41, 5.74) is 1.44. The molecule has 1 aromatic carbocycles. The number of carbonyl (C=O) groups is 2. The van der Waals surface area contributed by atoms with Crippen LogP contribution in [-0.4, -0.2) is 37.6 Å². The molecule has 0 fully saturated rings. The molecular formula is C16H17NO5. The average Bonchev–Trinajstić information content (AvgIpc) is 3.07.